The summed E-state index contributed by atoms with van der Waals surface area (Å²) in [6.45, 7) is 6.55. The Bertz CT molecular complexity index is 181. The minimum Gasteiger partial charge on any atom is -0.383 e. The first-order valence-electron chi connectivity index (χ1n) is 5.61. The molecule has 0 saturated heterocycles. The van der Waals surface area contributed by atoms with E-state index in [1.165, 1.54) is 7.11 Å². The zero-order chi connectivity index (χ0) is 11.8. The first-order chi connectivity index (χ1) is 7.06. The molecule has 0 saturated carbocycles. The van der Waals surface area contributed by atoms with Gasteiger partial charge in [0.05, 0.1) is 6.61 Å². The molecule has 0 aromatic rings. The molecule has 15 heavy (non-hydrogen) atoms. The number of nitrogens with one attached hydrogen (secondary N) is 1. The maximum Gasteiger partial charge on any atom is 0.239 e. The van der Waals surface area contributed by atoms with E-state index in [0.29, 0.717) is 5.92 Å². The SMILES string of the molecule is CCC(CC)C(C)NC(=O)C(N)COC. The van der Waals surface area contributed by atoms with Gasteiger partial charge in [0.2, 0.25) is 5.91 Å². The van der Waals surface area contributed by atoms with Gasteiger partial charge in [0.1, 0.15) is 6.04 Å². The molecule has 0 aliphatic carbocycles. The molecule has 0 bridgehead atoms. The summed E-state index contributed by atoms with van der Waals surface area (Å²) in [6, 6.07) is -0.387. The first kappa shape index (κ1) is 14.4. The van der Waals surface area contributed by atoms with Crippen LogP contribution in [0.3, 0.4) is 0 Å². The number of rotatable bonds is 7. The third-order valence-corrected chi connectivity index (χ3v) is 2.81. The average molecular weight is 216 g/mol. The number of hydrogen-bond donors (Lipinski definition) is 2. The lowest BCUT2D eigenvalue weighted by Gasteiger charge is -2.23. The largest absolute Gasteiger partial charge is 0.383 e. The van der Waals surface area contributed by atoms with Crippen LogP contribution >= 0.6 is 0 Å². The molecule has 0 rings (SSSR count). The molecule has 90 valence electrons. The van der Waals surface area contributed by atoms with Crippen molar-refractivity contribution in [1.29, 1.82) is 0 Å². The van der Waals surface area contributed by atoms with Gasteiger partial charge in [-0.05, 0) is 12.8 Å². The molecular weight excluding hydrogens is 192 g/mol. The van der Waals surface area contributed by atoms with Crippen LogP contribution in [0.2, 0.25) is 0 Å². The van der Waals surface area contributed by atoms with E-state index >= 15 is 0 Å². The molecule has 0 spiro atoms. The Morgan fingerprint density at radius 1 is 1.40 bits per heavy atom. The van der Waals surface area contributed by atoms with Crippen LogP contribution in [0.4, 0.5) is 0 Å². The lowest BCUT2D eigenvalue weighted by Crippen LogP contribution is -2.48. The van der Waals surface area contributed by atoms with Crippen molar-refractivity contribution in [2.75, 3.05) is 13.7 Å². The van der Waals surface area contributed by atoms with Crippen molar-refractivity contribution in [3.63, 3.8) is 0 Å². The predicted molar refractivity (Wildman–Crippen MR) is 61.5 cm³/mol. The normalized spacial score (nSPS) is 15.1. The predicted octanol–water partition coefficient (Wildman–Crippen LogP) is 0.901. The van der Waals surface area contributed by atoms with E-state index in [0.717, 1.165) is 12.8 Å². The van der Waals surface area contributed by atoms with Crippen LogP contribution in [0.25, 0.3) is 0 Å². The quantitative estimate of drug-likeness (QED) is 0.664. The van der Waals surface area contributed by atoms with E-state index < -0.39 is 6.04 Å². The number of carbonyl (C=O) groups is 1. The van der Waals surface area contributed by atoms with Gasteiger partial charge in [-0.2, -0.15) is 0 Å². The highest BCUT2D eigenvalue weighted by atomic mass is 16.5. The highest BCUT2D eigenvalue weighted by molar-refractivity contribution is 5.81. The van der Waals surface area contributed by atoms with Gasteiger partial charge in [-0.3, -0.25) is 4.79 Å². The summed E-state index contributed by atoms with van der Waals surface area (Å²) in [5.74, 6) is 0.389. The molecule has 0 aromatic carbocycles. The van der Waals surface area contributed by atoms with Gasteiger partial charge in [-0.15, -0.1) is 0 Å². The first-order valence-corrected chi connectivity index (χ1v) is 5.61. The van der Waals surface area contributed by atoms with Crippen molar-refractivity contribution in [2.24, 2.45) is 11.7 Å². The number of amides is 1. The summed E-state index contributed by atoms with van der Waals surface area (Å²) < 4.78 is 4.83. The lowest BCUT2D eigenvalue weighted by atomic mass is 9.95. The fraction of sp³-hybridized carbons (Fsp3) is 0.909. The van der Waals surface area contributed by atoms with Crippen LogP contribution in [0, 0.1) is 5.92 Å². The van der Waals surface area contributed by atoms with Crippen LogP contribution in [0.15, 0.2) is 0 Å². The summed E-state index contributed by atoms with van der Waals surface area (Å²) in [4.78, 5) is 11.6. The van der Waals surface area contributed by atoms with E-state index in [-0.39, 0.29) is 18.6 Å². The Morgan fingerprint density at radius 2 is 1.93 bits per heavy atom. The van der Waals surface area contributed by atoms with Crippen LogP contribution in [-0.4, -0.2) is 31.7 Å². The Morgan fingerprint density at radius 3 is 2.33 bits per heavy atom. The number of methoxy groups -OCH3 is 1. The van der Waals surface area contributed by atoms with Crippen molar-refractivity contribution < 1.29 is 9.53 Å². The van der Waals surface area contributed by atoms with E-state index in [9.17, 15) is 4.79 Å². The number of nitrogens with two attached hydrogens (primary N) is 1. The van der Waals surface area contributed by atoms with Crippen LogP contribution in [0.5, 0.6) is 0 Å². The molecule has 4 heteroatoms. The van der Waals surface area contributed by atoms with Gasteiger partial charge in [-0.1, -0.05) is 26.7 Å². The van der Waals surface area contributed by atoms with Crippen molar-refractivity contribution in [2.45, 2.75) is 45.7 Å². The van der Waals surface area contributed by atoms with Gasteiger partial charge >= 0.3 is 0 Å². The summed E-state index contributed by atoms with van der Waals surface area (Å²) in [6.07, 6.45) is 2.13. The standard InChI is InChI=1S/C11H24N2O2/c1-5-9(6-2)8(3)13-11(14)10(12)7-15-4/h8-10H,5-7,12H2,1-4H3,(H,13,14). The van der Waals surface area contributed by atoms with Gasteiger partial charge < -0.3 is 15.8 Å². The Kier molecular flexibility index (Phi) is 7.34. The highest BCUT2D eigenvalue weighted by Gasteiger charge is 2.19. The Hall–Kier alpha value is -0.610. The lowest BCUT2D eigenvalue weighted by molar-refractivity contribution is -0.124. The van der Waals surface area contributed by atoms with Gasteiger partial charge in [0.15, 0.2) is 0 Å². The molecular formula is C11H24N2O2. The molecule has 4 nitrogen and oxygen atoms in total. The fourth-order valence-electron chi connectivity index (χ4n) is 1.70. The second kappa shape index (κ2) is 7.65. The maximum atomic E-state index is 11.6. The average Bonchev–Trinajstić information content (AvgIpc) is 2.19. The van der Waals surface area contributed by atoms with Gasteiger partial charge in [-0.25, -0.2) is 0 Å². The summed E-state index contributed by atoms with van der Waals surface area (Å²) in [5.41, 5.74) is 5.62. The fourth-order valence-corrected chi connectivity index (χ4v) is 1.70. The molecule has 0 heterocycles. The van der Waals surface area contributed by atoms with Gasteiger partial charge in [0.25, 0.3) is 0 Å². The topological polar surface area (TPSA) is 64.4 Å². The van der Waals surface area contributed by atoms with Crippen molar-refractivity contribution in [1.82, 2.24) is 5.32 Å². The molecule has 0 radical (unpaired) electrons. The van der Waals surface area contributed by atoms with Gasteiger partial charge in [0, 0.05) is 13.2 Å². The van der Waals surface area contributed by atoms with E-state index in [1.807, 2.05) is 6.92 Å². The molecule has 0 aliphatic heterocycles. The second-order valence-corrected chi connectivity index (χ2v) is 3.94. The summed E-state index contributed by atoms with van der Waals surface area (Å²) >= 11 is 0. The zero-order valence-corrected chi connectivity index (χ0v) is 10.2. The van der Waals surface area contributed by atoms with Crippen LogP contribution in [-0.2, 0) is 9.53 Å². The zero-order valence-electron chi connectivity index (χ0n) is 10.2. The number of carbonyl (C=O) groups excluding carboxylic acids is 1. The Balaban J connectivity index is 4.04. The minimum atomic E-state index is -0.563. The second-order valence-electron chi connectivity index (χ2n) is 3.94. The minimum absolute atomic E-state index is 0.128. The van der Waals surface area contributed by atoms with Crippen molar-refractivity contribution in [3.05, 3.63) is 0 Å². The smallest absolute Gasteiger partial charge is 0.239 e. The van der Waals surface area contributed by atoms with Crippen LogP contribution in [0.1, 0.15) is 33.6 Å². The maximum absolute atomic E-state index is 11.6. The summed E-state index contributed by atoms with van der Waals surface area (Å²) in [5, 5.41) is 2.92. The van der Waals surface area contributed by atoms with E-state index in [2.05, 4.69) is 19.2 Å². The molecule has 0 aliphatic rings. The molecule has 1 amide bonds. The van der Waals surface area contributed by atoms with E-state index in [4.69, 9.17) is 10.5 Å². The highest BCUT2D eigenvalue weighted by Crippen LogP contribution is 2.12. The van der Waals surface area contributed by atoms with Crippen LogP contribution < -0.4 is 11.1 Å². The third kappa shape index (κ3) is 5.14. The van der Waals surface area contributed by atoms with E-state index in [1.54, 1.807) is 0 Å². The Labute approximate surface area is 92.6 Å². The number of hydrogen-bond acceptors (Lipinski definition) is 3. The number of ether oxygens (including phenoxy) is 1. The molecule has 3 N–H and O–H groups in total. The monoisotopic (exact) mass is 216 g/mol. The molecule has 2 atom stereocenters. The molecule has 0 aromatic heterocycles. The molecule has 2 unspecified atom stereocenters. The summed E-state index contributed by atoms with van der Waals surface area (Å²) in [7, 11) is 1.54. The third-order valence-electron chi connectivity index (χ3n) is 2.81. The van der Waals surface area contributed by atoms with Crippen molar-refractivity contribution >= 4 is 5.91 Å². The molecule has 0 fully saturated rings. The van der Waals surface area contributed by atoms with Crippen molar-refractivity contribution in [3.8, 4) is 0 Å².